The van der Waals surface area contributed by atoms with E-state index in [0.717, 1.165) is 5.56 Å². The van der Waals surface area contributed by atoms with E-state index in [0.29, 0.717) is 21.1 Å². The number of rotatable bonds is 4. The maximum absolute atomic E-state index is 12.2. The summed E-state index contributed by atoms with van der Waals surface area (Å²) in [6.45, 7) is 0. The molecular formula is C14H11N3O3S2. The molecule has 0 fully saturated rings. The van der Waals surface area contributed by atoms with Crippen molar-refractivity contribution in [2.45, 2.75) is 10.9 Å². The van der Waals surface area contributed by atoms with Gasteiger partial charge in [-0.15, -0.1) is 11.3 Å². The number of aromatic nitrogens is 2. The van der Waals surface area contributed by atoms with Gasteiger partial charge in [0.05, 0.1) is 10.3 Å². The average Bonchev–Trinajstić information content (AvgIpc) is 2.98. The van der Waals surface area contributed by atoms with Crippen molar-refractivity contribution in [3.8, 4) is 0 Å². The van der Waals surface area contributed by atoms with E-state index < -0.39 is 4.92 Å². The van der Waals surface area contributed by atoms with Gasteiger partial charge in [0.2, 0.25) is 0 Å². The van der Waals surface area contributed by atoms with Gasteiger partial charge in [-0.05, 0) is 17.0 Å². The van der Waals surface area contributed by atoms with Crippen LogP contribution in [0, 0.1) is 10.1 Å². The fourth-order valence-corrected chi connectivity index (χ4v) is 3.74. The monoisotopic (exact) mass is 333 g/mol. The quantitative estimate of drug-likeness (QED) is 0.317. The molecule has 1 aromatic carbocycles. The molecule has 2 heterocycles. The number of thiophene rings is 1. The number of hydrogen-bond acceptors (Lipinski definition) is 6. The van der Waals surface area contributed by atoms with E-state index >= 15 is 0 Å². The molecule has 3 aromatic rings. The van der Waals surface area contributed by atoms with E-state index in [-0.39, 0.29) is 11.2 Å². The van der Waals surface area contributed by atoms with Gasteiger partial charge in [0.1, 0.15) is 4.83 Å². The van der Waals surface area contributed by atoms with Crippen molar-refractivity contribution in [2.75, 3.05) is 0 Å². The summed E-state index contributed by atoms with van der Waals surface area (Å²) in [5.41, 5.74) is 0.807. The third kappa shape index (κ3) is 2.75. The first-order chi connectivity index (χ1) is 10.6. The molecule has 0 aliphatic carbocycles. The van der Waals surface area contributed by atoms with Crippen LogP contribution >= 0.6 is 23.1 Å². The summed E-state index contributed by atoms with van der Waals surface area (Å²) in [4.78, 5) is 27.8. The molecule has 0 aliphatic heterocycles. The molecule has 6 nitrogen and oxygen atoms in total. The molecule has 112 valence electrons. The number of nitrogens with zero attached hydrogens (tertiary/aromatic N) is 3. The minimum Gasteiger partial charge on any atom is -0.290 e. The van der Waals surface area contributed by atoms with Crippen LogP contribution in [-0.4, -0.2) is 14.5 Å². The first-order valence-electron chi connectivity index (χ1n) is 6.36. The number of nitro groups is 1. The molecule has 0 saturated heterocycles. The first kappa shape index (κ1) is 14.7. The fraction of sp³-hybridized carbons (Fsp3) is 0.143. The van der Waals surface area contributed by atoms with Crippen LogP contribution in [0.5, 0.6) is 0 Å². The lowest BCUT2D eigenvalue weighted by Gasteiger charge is -2.07. The highest BCUT2D eigenvalue weighted by Crippen LogP contribution is 2.24. The van der Waals surface area contributed by atoms with Crippen molar-refractivity contribution in [3.63, 3.8) is 0 Å². The maximum Gasteiger partial charge on any atom is 0.269 e. The highest BCUT2D eigenvalue weighted by atomic mass is 32.2. The largest absolute Gasteiger partial charge is 0.290 e. The van der Waals surface area contributed by atoms with Crippen LogP contribution in [0.15, 0.2) is 45.7 Å². The number of benzene rings is 1. The molecule has 8 heteroatoms. The predicted molar refractivity (Wildman–Crippen MR) is 87.5 cm³/mol. The Hall–Kier alpha value is -2.19. The van der Waals surface area contributed by atoms with Gasteiger partial charge in [-0.25, -0.2) is 4.98 Å². The first-order valence-corrected chi connectivity index (χ1v) is 8.23. The minimum absolute atomic E-state index is 0.0636. The van der Waals surface area contributed by atoms with Crippen molar-refractivity contribution >= 4 is 39.0 Å². The van der Waals surface area contributed by atoms with Crippen LogP contribution in [0.3, 0.4) is 0 Å². The van der Waals surface area contributed by atoms with Crippen molar-refractivity contribution in [1.82, 2.24) is 9.55 Å². The van der Waals surface area contributed by atoms with Crippen molar-refractivity contribution in [3.05, 3.63) is 61.7 Å². The number of fused-ring (bicyclic) bond motifs is 1. The molecule has 0 saturated carbocycles. The Balaban J connectivity index is 1.88. The predicted octanol–water partition coefficient (Wildman–Crippen LogP) is 3.20. The molecular weight excluding hydrogens is 322 g/mol. The smallest absolute Gasteiger partial charge is 0.269 e. The van der Waals surface area contributed by atoms with Crippen LogP contribution in [0.25, 0.3) is 10.2 Å². The lowest BCUT2D eigenvalue weighted by molar-refractivity contribution is -0.384. The summed E-state index contributed by atoms with van der Waals surface area (Å²) in [7, 11) is 1.68. The van der Waals surface area contributed by atoms with Gasteiger partial charge in [-0.2, -0.15) is 0 Å². The average molecular weight is 333 g/mol. The minimum atomic E-state index is -0.417. The highest BCUT2D eigenvalue weighted by molar-refractivity contribution is 7.98. The Kier molecular flexibility index (Phi) is 3.95. The molecule has 3 rings (SSSR count). The molecule has 0 aliphatic rings. The zero-order valence-electron chi connectivity index (χ0n) is 11.6. The van der Waals surface area contributed by atoms with Gasteiger partial charge < -0.3 is 0 Å². The summed E-state index contributed by atoms with van der Waals surface area (Å²) in [5, 5.41) is 13.8. The molecule has 0 radical (unpaired) electrons. The van der Waals surface area contributed by atoms with Crippen molar-refractivity contribution in [1.29, 1.82) is 0 Å². The van der Waals surface area contributed by atoms with Gasteiger partial charge in [0, 0.05) is 24.9 Å². The van der Waals surface area contributed by atoms with E-state index in [1.54, 1.807) is 19.2 Å². The summed E-state index contributed by atoms with van der Waals surface area (Å²) in [6, 6.07) is 8.24. The second-order valence-corrected chi connectivity index (χ2v) is 6.45. The maximum atomic E-state index is 12.2. The fourth-order valence-electron chi connectivity index (χ4n) is 2.02. The lowest BCUT2D eigenvalue weighted by atomic mass is 10.2. The van der Waals surface area contributed by atoms with Gasteiger partial charge in [0.25, 0.3) is 11.2 Å². The number of nitro benzene ring substituents is 1. The summed E-state index contributed by atoms with van der Waals surface area (Å²) < 4.78 is 1.51. The zero-order valence-corrected chi connectivity index (χ0v) is 13.2. The van der Waals surface area contributed by atoms with E-state index in [1.165, 1.54) is 39.8 Å². The molecule has 0 bridgehead atoms. The summed E-state index contributed by atoms with van der Waals surface area (Å²) in [6.07, 6.45) is 0. The molecule has 0 N–H and O–H groups in total. The van der Waals surface area contributed by atoms with Gasteiger partial charge >= 0.3 is 0 Å². The van der Waals surface area contributed by atoms with Crippen LogP contribution in [0.2, 0.25) is 0 Å². The number of hydrogen-bond donors (Lipinski definition) is 0. The second-order valence-electron chi connectivity index (χ2n) is 4.61. The van der Waals surface area contributed by atoms with E-state index in [1.807, 2.05) is 11.4 Å². The van der Waals surface area contributed by atoms with Gasteiger partial charge in [-0.3, -0.25) is 19.5 Å². The van der Waals surface area contributed by atoms with Crippen molar-refractivity contribution < 1.29 is 4.92 Å². The van der Waals surface area contributed by atoms with Gasteiger partial charge in [-0.1, -0.05) is 23.9 Å². The normalized spacial score (nSPS) is 11.0. The molecule has 0 unspecified atom stereocenters. The van der Waals surface area contributed by atoms with Crippen LogP contribution in [0.1, 0.15) is 5.56 Å². The van der Waals surface area contributed by atoms with E-state index in [4.69, 9.17) is 0 Å². The second kappa shape index (κ2) is 5.90. The topological polar surface area (TPSA) is 78.0 Å². The standard InChI is InChI=1S/C14H11N3O3S2/c1-16-13(18)11-5-6-21-12(11)15-14(16)22-8-9-3-2-4-10(7-9)17(19)20/h2-7H,8H2,1H3. The Morgan fingerprint density at radius 2 is 2.23 bits per heavy atom. The van der Waals surface area contributed by atoms with E-state index in [9.17, 15) is 14.9 Å². The molecule has 0 spiro atoms. The Labute approximate surface area is 133 Å². The molecule has 2 aromatic heterocycles. The van der Waals surface area contributed by atoms with Crippen molar-refractivity contribution in [2.24, 2.45) is 7.05 Å². The van der Waals surface area contributed by atoms with E-state index in [2.05, 4.69) is 4.98 Å². The number of non-ortho nitro benzene ring substituents is 1. The molecule has 0 atom stereocenters. The Morgan fingerprint density at radius 1 is 1.41 bits per heavy atom. The summed E-state index contributed by atoms with van der Waals surface area (Å²) >= 11 is 2.81. The Morgan fingerprint density at radius 3 is 3.00 bits per heavy atom. The third-order valence-electron chi connectivity index (χ3n) is 3.15. The van der Waals surface area contributed by atoms with Crippen LogP contribution in [0.4, 0.5) is 5.69 Å². The molecule has 22 heavy (non-hydrogen) atoms. The van der Waals surface area contributed by atoms with Gasteiger partial charge in [0.15, 0.2) is 5.16 Å². The lowest BCUT2D eigenvalue weighted by Crippen LogP contribution is -2.19. The zero-order chi connectivity index (χ0) is 15.7. The van der Waals surface area contributed by atoms with Crippen LogP contribution < -0.4 is 5.56 Å². The summed E-state index contributed by atoms with van der Waals surface area (Å²) in [5.74, 6) is 0.513. The molecule has 0 amide bonds. The number of thioether (sulfide) groups is 1. The highest BCUT2D eigenvalue weighted by Gasteiger charge is 2.11. The Bertz CT molecular complexity index is 917. The SMILES string of the molecule is Cn1c(SCc2cccc([N+](=O)[O-])c2)nc2sccc2c1=O. The van der Waals surface area contributed by atoms with Crippen LogP contribution in [-0.2, 0) is 12.8 Å². The third-order valence-corrected chi connectivity index (χ3v) is 5.06.